The molecule has 0 aromatic heterocycles. The molecule has 0 fully saturated rings. The highest BCUT2D eigenvalue weighted by Gasteiger charge is 2.27. The van der Waals surface area contributed by atoms with E-state index in [1.165, 1.54) is 244 Å². The number of esters is 2. The second kappa shape index (κ2) is 59.8. The zero-order chi connectivity index (χ0) is 57.0. The summed E-state index contributed by atoms with van der Waals surface area (Å²) in [5.41, 5.74) is 0. The van der Waals surface area contributed by atoms with Crippen LogP contribution >= 0.6 is 7.82 Å². The molecular weight excluding hydrogens is 990 g/mol. The Bertz CT molecular complexity index is 1410. The average Bonchev–Trinajstić information content (AvgIpc) is 3.40. The smallest absolute Gasteiger partial charge is 0.462 e. The molecule has 0 aliphatic heterocycles. The fourth-order valence-electron chi connectivity index (χ4n) is 9.93. The standard InChI is InChI=1S/C68H130NO8P/c1-6-8-10-12-14-16-18-20-21-22-23-24-25-26-27-28-29-30-31-32-33-34-35-36-37-38-39-40-41-42-43-44-45-46-47-49-51-53-55-57-59-61-68(71)77-66(65-76-78(72,73)75-63-62-69(3,4)5)64-74-67(70)60-58-56-54-52-50-48-19-17-15-13-11-9-7-2/h17-20,22-23,66H,6-16,21,24-65H2,1-5H3/p+1/b19-17-,20-18-,23-22-. The molecule has 10 heteroatoms. The van der Waals surface area contributed by atoms with Crippen molar-refractivity contribution < 1.29 is 42.1 Å². The molecule has 0 aliphatic carbocycles. The summed E-state index contributed by atoms with van der Waals surface area (Å²) in [5, 5.41) is 0. The van der Waals surface area contributed by atoms with Crippen LogP contribution < -0.4 is 0 Å². The van der Waals surface area contributed by atoms with Gasteiger partial charge in [-0.3, -0.25) is 18.6 Å². The SMILES string of the molecule is CCCCCC/C=C\CCCCCCCC(=O)OCC(COP(=O)(O)OCC[N+](C)(C)C)OC(=O)CCCCCCCCCCCCCCCCCCCCCCCCCCCCCCC/C=C\C/C=C\CCCCCCC. The molecule has 2 unspecified atom stereocenters. The Morgan fingerprint density at radius 2 is 0.692 bits per heavy atom. The van der Waals surface area contributed by atoms with E-state index in [1.54, 1.807) is 0 Å². The number of hydrogen-bond acceptors (Lipinski definition) is 7. The number of rotatable bonds is 63. The Morgan fingerprint density at radius 3 is 1.04 bits per heavy atom. The number of hydrogen-bond donors (Lipinski definition) is 1. The molecule has 0 aliphatic rings. The lowest BCUT2D eigenvalue weighted by molar-refractivity contribution is -0.870. The number of carbonyl (C=O) groups is 2. The Balaban J connectivity index is 3.82. The minimum absolute atomic E-state index is 0.0329. The van der Waals surface area contributed by atoms with Gasteiger partial charge in [0.15, 0.2) is 6.10 Å². The zero-order valence-electron chi connectivity index (χ0n) is 52.4. The van der Waals surface area contributed by atoms with E-state index in [9.17, 15) is 19.0 Å². The molecule has 0 radical (unpaired) electrons. The summed E-state index contributed by atoms with van der Waals surface area (Å²) in [6.45, 7) is 4.44. The minimum Gasteiger partial charge on any atom is -0.462 e. The van der Waals surface area contributed by atoms with Crippen LogP contribution in [-0.4, -0.2) is 74.9 Å². The van der Waals surface area contributed by atoms with Crippen molar-refractivity contribution in [3.05, 3.63) is 36.5 Å². The Labute approximate surface area is 484 Å². The third-order valence-electron chi connectivity index (χ3n) is 15.1. The summed E-state index contributed by atoms with van der Waals surface area (Å²) >= 11 is 0. The van der Waals surface area contributed by atoms with Crippen LogP contribution in [0.15, 0.2) is 36.5 Å². The van der Waals surface area contributed by atoms with Crippen molar-refractivity contribution in [3.63, 3.8) is 0 Å². The Hall–Kier alpha value is -1.77. The number of carbonyl (C=O) groups excluding carboxylic acids is 2. The number of allylic oxidation sites excluding steroid dienone is 6. The zero-order valence-corrected chi connectivity index (χ0v) is 53.3. The molecule has 0 heterocycles. The lowest BCUT2D eigenvalue weighted by atomic mass is 10.0. The van der Waals surface area contributed by atoms with Crippen molar-refractivity contribution in [3.8, 4) is 0 Å². The number of phosphoric acid groups is 1. The van der Waals surface area contributed by atoms with Gasteiger partial charge < -0.3 is 18.9 Å². The third kappa shape index (κ3) is 63.4. The maximum atomic E-state index is 12.8. The Kier molecular flexibility index (Phi) is 58.5. The van der Waals surface area contributed by atoms with E-state index in [4.69, 9.17) is 18.5 Å². The van der Waals surface area contributed by atoms with Crippen LogP contribution in [0.3, 0.4) is 0 Å². The number of phosphoric ester groups is 1. The third-order valence-corrected chi connectivity index (χ3v) is 16.1. The molecule has 0 saturated carbocycles. The van der Waals surface area contributed by atoms with E-state index < -0.39 is 26.5 Å². The first-order chi connectivity index (χ1) is 38.0. The topological polar surface area (TPSA) is 108 Å². The first kappa shape index (κ1) is 76.2. The van der Waals surface area contributed by atoms with Gasteiger partial charge in [-0.2, -0.15) is 0 Å². The highest BCUT2D eigenvalue weighted by Crippen LogP contribution is 2.43. The highest BCUT2D eigenvalue weighted by molar-refractivity contribution is 7.47. The second-order valence-electron chi connectivity index (χ2n) is 24.2. The minimum atomic E-state index is -4.38. The van der Waals surface area contributed by atoms with Gasteiger partial charge in [-0.25, -0.2) is 4.57 Å². The molecule has 0 amide bonds. The largest absolute Gasteiger partial charge is 0.472 e. The van der Waals surface area contributed by atoms with Crippen LogP contribution in [0.1, 0.15) is 335 Å². The average molecular weight is 1120 g/mol. The van der Waals surface area contributed by atoms with Crippen molar-refractivity contribution in [1.29, 1.82) is 0 Å². The van der Waals surface area contributed by atoms with Gasteiger partial charge in [-0.15, -0.1) is 0 Å². The van der Waals surface area contributed by atoms with E-state index in [0.29, 0.717) is 17.4 Å². The van der Waals surface area contributed by atoms with Gasteiger partial charge in [0.25, 0.3) is 0 Å². The predicted molar refractivity (Wildman–Crippen MR) is 335 cm³/mol. The van der Waals surface area contributed by atoms with Crippen LogP contribution in [0, 0.1) is 0 Å². The summed E-state index contributed by atoms with van der Waals surface area (Å²) < 4.78 is 34.6. The molecule has 0 rings (SSSR count). The van der Waals surface area contributed by atoms with Gasteiger partial charge in [0.2, 0.25) is 0 Å². The summed E-state index contributed by atoms with van der Waals surface area (Å²) in [4.78, 5) is 35.6. The molecule has 0 aromatic rings. The molecular formula is C68H131NO8P+. The number of quaternary nitrogens is 1. The monoisotopic (exact) mass is 1120 g/mol. The molecule has 0 aromatic carbocycles. The van der Waals surface area contributed by atoms with Crippen molar-refractivity contribution >= 4 is 19.8 Å². The predicted octanol–water partition coefficient (Wildman–Crippen LogP) is 21.5. The summed E-state index contributed by atoms with van der Waals surface area (Å²) in [6, 6.07) is 0. The molecule has 1 N–H and O–H groups in total. The van der Waals surface area contributed by atoms with E-state index in [2.05, 4.69) is 50.3 Å². The molecule has 78 heavy (non-hydrogen) atoms. The van der Waals surface area contributed by atoms with Gasteiger partial charge in [0, 0.05) is 12.8 Å². The van der Waals surface area contributed by atoms with E-state index >= 15 is 0 Å². The number of likely N-dealkylation sites (N-methyl/N-ethyl adjacent to an activating group) is 1. The fraction of sp³-hybridized carbons (Fsp3) is 0.882. The van der Waals surface area contributed by atoms with Gasteiger partial charge in [-0.05, 0) is 70.6 Å². The first-order valence-electron chi connectivity index (χ1n) is 33.7. The van der Waals surface area contributed by atoms with E-state index in [0.717, 1.165) is 57.8 Å². The fourth-order valence-corrected chi connectivity index (χ4v) is 10.7. The van der Waals surface area contributed by atoms with Crippen LogP contribution in [0.5, 0.6) is 0 Å². The number of ether oxygens (including phenoxy) is 2. The van der Waals surface area contributed by atoms with E-state index in [1.807, 2.05) is 21.1 Å². The molecule has 460 valence electrons. The maximum absolute atomic E-state index is 12.8. The molecule has 0 bridgehead atoms. The summed E-state index contributed by atoms with van der Waals surface area (Å²) in [5.74, 6) is -0.793. The summed E-state index contributed by atoms with van der Waals surface area (Å²) in [6.07, 6.45) is 75.6. The number of nitrogens with zero attached hydrogens (tertiary/aromatic N) is 1. The van der Waals surface area contributed by atoms with Crippen molar-refractivity contribution in [2.24, 2.45) is 0 Å². The van der Waals surface area contributed by atoms with Gasteiger partial charge in [0.1, 0.15) is 19.8 Å². The van der Waals surface area contributed by atoms with Crippen LogP contribution in [-0.2, 0) is 32.7 Å². The van der Waals surface area contributed by atoms with Crippen LogP contribution in [0.2, 0.25) is 0 Å². The van der Waals surface area contributed by atoms with Gasteiger partial charge in [0.05, 0.1) is 27.7 Å². The van der Waals surface area contributed by atoms with Crippen molar-refractivity contribution in [2.45, 2.75) is 341 Å². The summed E-state index contributed by atoms with van der Waals surface area (Å²) in [7, 11) is 1.49. The van der Waals surface area contributed by atoms with Crippen LogP contribution in [0.25, 0.3) is 0 Å². The van der Waals surface area contributed by atoms with Crippen molar-refractivity contribution in [2.75, 3.05) is 47.5 Å². The lowest BCUT2D eigenvalue weighted by Gasteiger charge is -2.24. The van der Waals surface area contributed by atoms with Gasteiger partial charge in [-0.1, -0.05) is 288 Å². The van der Waals surface area contributed by atoms with Gasteiger partial charge >= 0.3 is 19.8 Å². The first-order valence-corrected chi connectivity index (χ1v) is 35.2. The second-order valence-corrected chi connectivity index (χ2v) is 25.7. The van der Waals surface area contributed by atoms with Crippen LogP contribution in [0.4, 0.5) is 0 Å². The van der Waals surface area contributed by atoms with Crippen molar-refractivity contribution in [1.82, 2.24) is 0 Å². The molecule has 9 nitrogen and oxygen atoms in total. The lowest BCUT2D eigenvalue weighted by Crippen LogP contribution is -2.37. The highest BCUT2D eigenvalue weighted by atomic mass is 31.2. The van der Waals surface area contributed by atoms with E-state index in [-0.39, 0.29) is 32.0 Å². The quantitative estimate of drug-likeness (QED) is 0.0211. The molecule has 0 spiro atoms. The maximum Gasteiger partial charge on any atom is 0.472 e. The Morgan fingerprint density at radius 1 is 0.397 bits per heavy atom. The molecule has 2 atom stereocenters. The molecule has 0 saturated heterocycles. The number of unbranched alkanes of at least 4 members (excludes halogenated alkanes) is 43. The normalized spacial score (nSPS) is 13.4.